The standard InChI is InChI=1S/C21H25.C12H11.C3H6.2ClH.Zr/c1-20(2,3)16-9-7-14-11-15-8-10-17(21(4,5)6)13-19(15)18(14)12-16;1-10-7-8-12(9-10)11-5-3-2-4-6-11;1-3-2;;;/h7-13H,1-6H3;2-6,8-10H,1H3;1-2H3;2*1H;/q2*-1;;;;+2/p-2. The summed E-state index contributed by atoms with van der Waals surface area (Å²) in [6, 6.07) is 26.6. The largest absolute Gasteiger partial charge is 1.00 e. The van der Waals surface area contributed by atoms with Gasteiger partial charge in [0.15, 0.2) is 0 Å². The first-order chi connectivity index (χ1) is 17.3. The fourth-order valence-corrected chi connectivity index (χ4v) is 4.33. The Morgan fingerprint density at radius 3 is 1.54 bits per heavy atom. The number of hydrogen-bond donors (Lipinski definition) is 0. The zero-order valence-corrected chi connectivity index (χ0v) is 28.9. The van der Waals surface area contributed by atoms with Gasteiger partial charge in [-0.25, -0.2) is 6.08 Å². The topological polar surface area (TPSA) is 0 Å². The van der Waals surface area contributed by atoms with Crippen molar-refractivity contribution in [1.82, 2.24) is 0 Å². The van der Waals surface area contributed by atoms with E-state index in [1.807, 2.05) is 6.07 Å². The predicted molar refractivity (Wildman–Crippen MR) is 162 cm³/mol. The van der Waals surface area contributed by atoms with Gasteiger partial charge < -0.3 is 24.8 Å². The van der Waals surface area contributed by atoms with Crippen LogP contribution in [0.4, 0.5) is 0 Å². The van der Waals surface area contributed by atoms with Crippen molar-refractivity contribution in [2.75, 3.05) is 0 Å². The van der Waals surface area contributed by atoms with E-state index in [1.165, 1.54) is 47.0 Å². The van der Waals surface area contributed by atoms with Gasteiger partial charge in [0.05, 0.1) is 0 Å². The third-order valence-corrected chi connectivity index (χ3v) is 6.48. The third kappa shape index (κ3) is 10.0. The number of rotatable bonds is 1. The van der Waals surface area contributed by atoms with Gasteiger partial charge in [-0.1, -0.05) is 120 Å². The second kappa shape index (κ2) is 14.8. The Kier molecular flexibility index (Phi) is 13.4. The Labute approximate surface area is 264 Å². The molecule has 3 heteroatoms. The maximum absolute atomic E-state index is 3.25. The van der Waals surface area contributed by atoms with Crippen molar-refractivity contribution in [3.8, 4) is 0 Å². The average molecular weight is 637 g/mol. The summed E-state index contributed by atoms with van der Waals surface area (Å²) < 4.78 is 1.51. The van der Waals surface area contributed by atoms with E-state index in [-0.39, 0.29) is 35.6 Å². The number of halogens is 2. The zero-order chi connectivity index (χ0) is 27.4. The van der Waals surface area contributed by atoms with E-state index in [0.717, 1.165) is 0 Å². The first-order valence-corrected chi connectivity index (χ1v) is 14.5. The molecule has 0 aliphatic heterocycles. The molecule has 5 rings (SSSR count). The molecule has 0 N–H and O–H groups in total. The molecule has 1 aliphatic carbocycles. The molecule has 0 heterocycles. The summed E-state index contributed by atoms with van der Waals surface area (Å²) in [5.41, 5.74) is 5.78. The number of fused-ring (bicyclic) bond motifs is 3. The minimum absolute atomic E-state index is 0. The van der Waals surface area contributed by atoms with Crippen molar-refractivity contribution >= 4 is 30.3 Å². The van der Waals surface area contributed by atoms with Crippen LogP contribution in [0.15, 0.2) is 84.9 Å². The van der Waals surface area contributed by atoms with Crippen LogP contribution in [0.5, 0.6) is 0 Å². The molecule has 206 valence electrons. The van der Waals surface area contributed by atoms with Crippen molar-refractivity contribution in [1.29, 1.82) is 0 Å². The van der Waals surface area contributed by atoms with Gasteiger partial charge in [-0.2, -0.15) is 11.6 Å². The molecule has 0 saturated heterocycles. The fraction of sp³-hybridized carbons (Fsp3) is 0.333. The van der Waals surface area contributed by atoms with E-state index in [0.29, 0.717) is 5.92 Å². The molecule has 4 aromatic carbocycles. The van der Waals surface area contributed by atoms with Crippen LogP contribution >= 0.6 is 0 Å². The molecule has 4 aromatic rings. The molecule has 1 aliphatic rings. The minimum atomic E-state index is 0. The summed E-state index contributed by atoms with van der Waals surface area (Å²) in [4.78, 5) is 0. The summed E-state index contributed by atoms with van der Waals surface area (Å²) in [5.74, 6) is 0.472. The molecule has 39 heavy (non-hydrogen) atoms. The molecule has 0 nitrogen and oxygen atoms in total. The van der Waals surface area contributed by atoms with E-state index in [9.17, 15) is 0 Å². The fourth-order valence-electron chi connectivity index (χ4n) is 4.33. The van der Waals surface area contributed by atoms with Gasteiger partial charge in [-0.15, -0.1) is 45.3 Å². The van der Waals surface area contributed by atoms with Crippen LogP contribution in [0.3, 0.4) is 0 Å². The Morgan fingerprint density at radius 2 is 1.18 bits per heavy atom. The van der Waals surface area contributed by atoms with E-state index in [4.69, 9.17) is 0 Å². The summed E-state index contributed by atoms with van der Waals surface area (Å²) in [6.45, 7) is 20.1. The van der Waals surface area contributed by atoms with Crippen molar-refractivity contribution in [2.45, 2.75) is 73.1 Å². The zero-order valence-electron chi connectivity index (χ0n) is 24.9. The first kappa shape index (κ1) is 35.4. The van der Waals surface area contributed by atoms with E-state index in [1.54, 1.807) is 24.2 Å². The third-order valence-electron chi connectivity index (χ3n) is 6.48. The summed E-state index contributed by atoms with van der Waals surface area (Å²) in [6.07, 6.45) is 7.55. The Hall–Kier alpha value is -1.66. The van der Waals surface area contributed by atoms with Crippen molar-refractivity contribution < 1.29 is 49.0 Å². The summed E-state index contributed by atoms with van der Waals surface area (Å²) in [5, 5.41) is 5.49. The van der Waals surface area contributed by atoms with Gasteiger partial charge in [-0.05, 0) is 10.8 Å². The van der Waals surface area contributed by atoms with Crippen LogP contribution in [0, 0.1) is 12.0 Å². The minimum Gasteiger partial charge on any atom is -1.00 e. The number of benzene rings is 3. The average Bonchev–Trinajstić information content (AvgIpc) is 3.41. The van der Waals surface area contributed by atoms with Gasteiger partial charge in [0.25, 0.3) is 0 Å². The van der Waals surface area contributed by atoms with Crippen molar-refractivity contribution in [3.63, 3.8) is 0 Å². The number of allylic oxidation sites excluding steroid dienone is 4. The quantitative estimate of drug-likeness (QED) is 0.276. The van der Waals surface area contributed by atoms with Gasteiger partial charge in [0, 0.05) is 0 Å². The van der Waals surface area contributed by atoms with Gasteiger partial charge in [0.1, 0.15) is 0 Å². The molecule has 0 spiro atoms. The molecular formula is C36H42Cl2Zr-2. The molecule has 1 atom stereocenters. The molecule has 1 unspecified atom stereocenters. The van der Waals surface area contributed by atoms with Crippen LogP contribution in [0.25, 0.3) is 27.1 Å². The maximum atomic E-state index is 3.25. The SMILES string of the molecule is CC(C)(C)c1ccc2[cH-]c3ccc(C(C)(C)C)cc3c2c1.CC1[C-]=CC(c2ccccc2)=C1.C[C](C)=[Zr+2].[Cl-].[Cl-]. The Morgan fingerprint density at radius 1 is 0.744 bits per heavy atom. The van der Waals surface area contributed by atoms with Gasteiger partial charge in [-0.3, -0.25) is 6.08 Å². The molecule has 0 radical (unpaired) electrons. The second-order valence-corrected chi connectivity index (χ2v) is 14.8. The molecule has 0 saturated carbocycles. The van der Waals surface area contributed by atoms with E-state index in [2.05, 4.69) is 147 Å². The van der Waals surface area contributed by atoms with Crippen molar-refractivity contribution in [3.05, 3.63) is 108 Å². The van der Waals surface area contributed by atoms with Crippen molar-refractivity contribution in [2.24, 2.45) is 5.92 Å². The van der Waals surface area contributed by atoms with Crippen LogP contribution in [-0.2, 0) is 35.1 Å². The van der Waals surface area contributed by atoms with Gasteiger partial charge >= 0.3 is 41.3 Å². The van der Waals surface area contributed by atoms with Crippen LogP contribution in [0.2, 0.25) is 0 Å². The predicted octanol–water partition coefficient (Wildman–Crippen LogP) is 4.14. The smallest absolute Gasteiger partial charge is 1.00 e. The maximum Gasteiger partial charge on any atom is -1.00 e. The Bertz CT molecular complexity index is 1350. The van der Waals surface area contributed by atoms with E-state index >= 15 is 0 Å². The van der Waals surface area contributed by atoms with Crippen LogP contribution < -0.4 is 24.8 Å². The monoisotopic (exact) mass is 634 g/mol. The molecule has 0 bridgehead atoms. The van der Waals surface area contributed by atoms with Crippen LogP contribution in [0.1, 0.15) is 79.0 Å². The molecule has 0 amide bonds. The second-order valence-electron chi connectivity index (χ2n) is 12.3. The molecular weight excluding hydrogens is 595 g/mol. The van der Waals surface area contributed by atoms with E-state index < -0.39 is 0 Å². The summed E-state index contributed by atoms with van der Waals surface area (Å²) >= 11 is 1.55. The first-order valence-electron chi connectivity index (χ1n) is 13.3. The summed E-state index contributed by atoms with van der Waals surface area (Å²) in [7, 11) is 0. The Balaban J connectivity index is 0.000000360. The van der Waals surface area contributed by atoms with Crippen LogP contribution in [-0.4, -0.2) is 3.21 Å². The molecule has 0 aromatic heterocycles. The molecule has 0 fully saturated rings. The van der Waals surface area contributed by atoms with Gasteiger partial charge in [0.2, 0.25) is 0 Å². The number of hydrogen-bond acceptors (Lipinski definition) is 0. The normalized spacial score (nSPS) is 14.3.